The van der Waals surface area contributed by atoms with Gasteiger partial charge in [0.25, 0.3) is 0 Å². The lowest BCUT2D eigenvalue weighted by molar-refractivity contribution is -0.142. The zero-order chi connectivity index (χ0) is 9.56. The maximum Gasteiger partial charge on any atom is 0.328 e. The van der Waals surface area contributed by atoms with Crippen molar-refractivity contribution in [1.29, 1.82) is 0 Å². The molecule has 0 aliphatic rings. The third kappa shape index (κ3) is 4.30. The van der Waals surface area contributed by atoms with Crippen LogP contribution in [0.1, 0.15) is 6.42 Å². The molecule has 0 aliphatic carbocycles. The van der Waals surface area contributed by atoms with Crippen LogP contribution in [-0.2, 0) is 9.59 Å². The van der Waals surface area contributed by atoms with E-state index in [1.165, 1.54) is 0 Å². The zero-order valence-corrected chi connectivity index (χ0v) is 7.87. The van der Waals surface area contributed by atoms with E-state index >= 15 is 0 Å². The van der Waals surface area contributed by atoms with E-state index in [4.69, 9.17) is 10.2 Å². The number of halogens is 1. The third-order valence-electron chi connectivity index (χ3n) is 1.14. The number of hydrogen-bond donors (Lipinski definition) is 3. The van der Waals surface area contributed by atoms with E-state index in [9.17, 15) is 9.59 Å². The SMILES string of the molecule is O=C(CCBr)N[C@@H](CO)C(=O)O. The minimum absolute atomic E-state index is 0.198. The first kappa shape index (κ1) is 11.4. The largest absolute Gasteiger partial charge is 0.480 e. The van der Waals surface area contributed by atoms with Gasteiger partial charge in [-0.1, -0.05) is 15.9 Å². The van der Waals surface area contributed by atoms with Crippen molar-refractivity contribution in [2.75, 3.05) is 11.9 Å². The van der Waals surface area contributed by atoms with E-state index in [2.05, 4.69) is 21.2 Å². The third-order valence-corrected chi connectivity index (χ3v) is 1.53. The maximum atomic E-state index is 10.8. The summed E-state index contributed by atoms with van der Waals surface area (Å²) in [4.78, 5) is 21.1. The highest BCUT2D eigenvalue weighted by molar-refractivity contribution is 9.09. The molecule has 0 aliphatic heterocycles. The van der Waals surface area contributed by atoms with Gasteiger partial charge in [0.2, 0.25) is 5.91 Å². The summed E-state index contributed by atoms with van der Waals surface area (Å²) in [5.41, 5.74) is 0. The Balaban J connectivity index is 3.85. The van der Waals surface area contributed by atoms with Gasteiger partial charge in [-0.05, 0) is 0 Å². The number of carbonyl (C=O) groups excluding carboxylic acids is 1. The van der Waals surface area contributed by atoms with Crippen molar-refractivity contribution >= 4 is 27.8 Å². The molecule has 70 valence electrons. The molecule has 0 rings (SSSR count). The predicted molar refractivity (Wildman–Crippen MR) is 45.1 cm³/mol. The summed E-state index contributed by atoms with van der Waals surface area (Å²) in [6.07, 6.45) is 0.198. The standard InChI is InChI=1S/C6H10BrNO4/c7-2-1-5(10)8-4(3-9)6(11)12/h4,9H,1-3H2,(H,8,10)(H,11,12)/t4-/m0/s1. The van der Waals surface area contributed by atoms with Gasteiger partial charge < -0.3 is 15.5 Å². The van der Waals surface area contributed by atoms with Crippen molar-refractivity contribution < 1.29 is 19.8 Å². The Bertz CT molecular complexity index is 173. The van der Waals surface area contributed by atoms with E-state index < -0.39 is 24.5 Å². The van der Waals surface area contributed by atoms with Gasteiger partial charge in [0.05, 0.1) is 6.61 Å². The Hall–Kier alpha value is -0.620. The molecule has 0 unspecified atom stereocenters. The fourth-order valence-corrected chi connectivity index (χ4v) is 0.898. The molecular formula is C6H10BrNO4. The molecule has 1 atom stereocenters. The topological polar surface area (TPSA) is 86.6 Å². The zero-order valence-electron chi connectivity index (χ0n) is 6.29. The van der Waals surface area contributed by atoms with Gasteiger partial charge in [-0.2, -0.15) is 0 Å². The maximum absolute atomic E-state index is 10.8. The molecule has 0 radical (unpaired) electrons. The highest BCUT2D eigenvalue weighted by Gasteiger charge is 2.17. The number of hydrogen-bond acceptors (Lipinski definition) is 3. The molecule has 5 nitrogen and oxygen atoms in total. The van der Waals surface area contributed by atoms with Crippen molar-refractivity contribution in [1.82, 2.24) is 5.32 Å². The van der Waals surface area contributed by atoms with Crippen LogP contribution in [0.2, 0.25) is 0 Å². The Labute approximate surface area is 77.9 Å². The molecule has 0 saturated heterocycles. The summed E-state index contributed by atoms with van der Waals surface area (Å²) >= 11 is 3.03. The predicted octanol–water partition coefficient (Wildman–Crippen LogP) is -0.667. The lowest BCUT2D eigenvalue weighted by Gasteiger charge is -2.10. The number of carbonyl (C=O) groups is 2. The normalized spacial score (nSPS) is 12.2. The number of aliphatic carboxylic acids is 1. The molecule has 12 heavy (non-hydrogen) atoms. The Morgan fingerprint density at radius 2 is 2.08 bits per heavy atom. The van der Waals surface area contributed by atoms with Gasteiger partial charge >= 0.3 is 5.97 Å². The number of rotatable bonds is 5. The van der Waals surface area contributed by atoms with E-state index in [0.29, 0.717) is 5.33 Å². The van der Waals surface area contributed by atoms with Crippen LogP contribution in [0, 0.1) is 0 Å². The minimum atomic E-state index is -1.24. The Morgan fingerprint density at radius 1 is 1.50 bits per heavy atom. The van der Waals surface area contributed by atoms with Gasteiger partial charge in [0.1, 0.15) is 6.04 Å². The molecule has 0 heterocycles. The lowest BCUT2D eigenvalue weighted by atomic mass is 10.3. The summed E-state index contributed by atoms with van der Waals surface area (Å²) in [5.74, 6) is -1.63. The quantitative estimate of drug-likeness (QED) is 0.556. The highest BCUT2D eigenvalue weighted by atomic mass is 79.9. The molecule has 0 spiro atoms. The molecule has 3 N–H and O–H groups in total. The van der Waals surface area contributed by atoms with Crippen LogP contribution in [0.25, 0.3) is 0 Å². The highest BCUT2D eigenvalue weighted by Crippen LogP contribution is 1.89. The van der Waals surface area contributed by atoms with Crippen molar-refractivity contribution in [3.8, 4) is 0 Å². The molecule has 0 aromatic carbocycles. The lowest BCUT2D eigenvalue weighted by Crippen LogP contribution is -2.43. The summed E-state index contributed by atoms with van der Waals surface area (Å²) in [6.45, 7) is -0.594. The number of amides is 1. The van der Waals surface area contributed by atoms with Crippen molar-refractivity contribution in [3.63, 3.8) is 0 Å². The number of aliphatic hydroxyl groups is 1. The second kappa shape index (κ2) is 5.96. The summed E-state index contributed by atoms with van der Waals surface area (Å²) in [5, 5.41) is 19.5. The average Bonchev–Trinajstić information content (AvgIpc) is 2.00. The van der Waals surface area contributed by atoms with Crippen LogP contribution in [-0.4, -0.2) is 40.1 Å². The number of nitrogens with one attached hydrogen (secondary N) is 1. The van der Waals surface area contributed by atoms with Crippen LogP contribution in [0.3, 0.4) is 0 Å². The number of aliphatic hydroxyl groups excluding tert-OH is 1. The van der Waals surface area contributed by atoms with Gasteiger partial charge in [-0.15, -0.1) is 0 Å². The van der Waals surface area contributed by atoms with E-state index in [1.807, 2.05) is 0 Å². The first-order valence-corrected chi connectivity index (χ1v) is 4.43. The molecule has 0 fully saturated rings. The monoisotopic (exact) mass is 239 g/mol. The van der Waals surface area contributed by atoms with E-state index in [1.54, 1.807) is 0 Å². The summed E-state index contributed by atoms with van der Waals surface area (Å²) in [6, 6.07) is -1.20. The van der Waals surface area contributed by atoms with Crippen LogP contribution in [0.15, 0.2) is 0 Å². The van der Waals surface area contributed by atoms with Gasteiger partial charge in [0.15, 0.2) is 0 Å². The molecule has 0 aromatic rings. The molecule has 6 heteroatoms. The van der Waals surface area contributed by atoms with Crippen LogP contribution in [0.5, 0.6) is 0 Å². The fraction of sp³-hybridized carbons (Fsp3) is 0.667. The second-order valence-electron chi connectivity index (χ2n) is 2.08. The Morgan fingerprint density at radius 3 is 2.42 bits per heavy atom. The minimum Gasteiger partial charge on any atom is -0.480 e. The van der Waals surface area contributed by atoms with Crippen LogP contribution < -0.4 is 5.32 Å². The fourth-order valence-electron chi connectivity index (χ4n) is 0.538. The molecule has 0 aromatic heterocycles. The van der Waals surface area contributed by atoms with Crippen LogP contribution in [0.4, 0.5) is 0 Å². The smallest absolute Gasteiger partial charge is 0.328 e. The number of carboxylic acid groups (broad SMARTS) is 1. The first-order valence-electron chi connectivity index (χ1n) is 3.30. The van der Waals surface area contributed by atoms with Gasteiger partial charge in [-0.25, -0.2) is 4.79 Å². The van der Waals surface area contributed by atoms with Crippen molar-refractivity contribution in [2.24, 2.45) is 0 Å². The van der Waals surface area contributed by atoms with E-state index in [-0.39, 0.29) is 6.42 Å². The number of alkyl halides is 1. The Kier molecular flexibility index (Phi) is 5.65. The van der Waals surface area contributed by atoms with Gasteiger partial charge in [0, 0.05) is 11.8 Å². The molecule has 0 bridgehead atoms. The molecule has 0 saturated carbocycles. The second-order valence-corrected chi connectivity index (χ2v) is 2.87. The number of carboxylic acids is 1. The summed E-state index contributed by atoms with van der Waals surface area (Å²) < 4.78 is 0. The van der Waals surface area contributed by atoms with Gasteiger partial charge in [-0.3, -0.25) is 4.79 Å². The average molecular weight is 240 g/mol. The van der Waals surface area contributed by atoms with Crippen molar-refractivity contribution in [2.45, 2.75) is 12.5 Å². The summed E-state index contributed by atoms with van der Waals surface area (Å²) in [7, 11) is 0. The first-order chi connectivity index (χ1) is 5.61. The van der Waals surface area contributed by atoms with Crippen molar-refractivity contribution in [3.05, 3.63) is 0 Å². The van der Waals surface area contributed by atoms with Crippen LogP contribution >= 0.6 is 15.9 Å². The molecule has 1 amide bonds. The van der Waals surface area contributed by atoms with E-state index in [0.717, 1.165) is 0 Å². The molecular weight excluding hydrogens is 230 g/mol.